The second-order valence-electron chi connectivity index (χ2n) is 5.08. The zero-order valence-electron chi connectivity index (χ0n) is 11.3. The highest BCUT2D eigenvalue weighted by atomic mass is 79.9. The fraction of sp³-hybridized carbons (Fsp3) is 0. The molecule has 1 heterocycles. The Bertz CT molecular complexity index is 945. The second-order valence-corrected chi connectivity index (χ2v) is 5.94. The predicted molar refractivity (Wildman–Crippen MR) is 92.4 cm³/mol. The van der Waals surface area contributed by atoms with Gasteiger partial charge in [-0.05, 0) is 45.3 Å². The van der Waals surface area contributed by atoms with Crippen LogP contribution in [0.3, 0.4) is 0 Å². The number of nitrogens with zero attached hydrogens (tertiary/aromatic N) is 1. The lowest BCUT2D eigenvalue weighted by Crippen LogP contribution is -1.83. The van der Waals surface area contributed by atoms with Crippen molar-refractivity contribution < 1.29 is 0 Å². The zero-order chi connectivity index (χ0) is 14.2. The van der Waals surface area contributed by atoms with Crippen molar-refractivity contribution in [2.24, 2.45) is 0 Å². The van der Waals surface area contributed by atoms with Crippen LogP contribution in [0.2, 0.25) is 0 Å². The Labute approximate surface area is 131 Å². The molecule has 100 valence electrons. The third-order valence-corrected chi connectivity index (χ3v) is 4.46. The SMILES string of the molecule is Brc1cc2ccc(-c3cccnc3)cc2c2ccccc12. The molecule has 0 atom stereocenters. The van der Waals surface area contributed by atoms with Gasteiger partial charge in [-0.2, -0.15) is 0 Å². The number of pyridine rings is 1. The molecule has 0 aliphatic rings. The molecule has 4 aromatic rings. The van der Waals surface area contributed by atoms with Gasteiger partial charge in [0.25, 0.3) is 0 Å². The molecule has 0 fully saturated rings. The highest BCUT2D eigenvalue weighted by Crippen LogP contribution is 2.34. The van der Waals surface area contributed by atoms with Gasteiger partial charge in [-0.25, -0.2) is 0 Å². The first-order chi connectivity index (χ1) is 10.3. The maximum Gasteiger partial charge on any atom is 0.0346 e. The Morgan fingerprint density at radius 1 is 0.714 bits per heavy atom. The molecular formula is C19H12BrN. The van der Waals surface area contributed by atoms with Crippen molar-refractivity contribution in [3.05, 3.63) is 77.5 Å². The molecule has 1 nitrogen and oxygen atoms in total. The monoisotopic (exact) mass is 333 g/mol. The van der Waals surface area contributed by atoms with E-state index in [1.54, 1.807) is 6.20 Å². The largest absolute Gasteiger partial charge is 0.264 e. The Morgan fingerprint density at radius 3 is 2.38 bits per heavy atom. The molecule has 21 heavy (non-hydrogen) atoms. The van der Waals surface area contributed by atoms with Crippen LogP contribution < -0.4 is 0 Å². The van der Waals surface area contributed by atoms with E-state index in [2.05, 4.69) is 75.5 Å². The standard InChI is InChI=1S/C19H12BrN/c20-19-11-14-8-7-13(15-4-3-9-21-12-15)10-18(14)16-5-1-2-6-17(16)19/h1-12H. The number of rotatable bonds is 1. The lowest BCUT2D eigenvalue weighted by atomic mass is 9.98. The molecule has 0 amide bonds. The summed E-state index contributed by atoms with van der Waals surface area (Å²) in [6.45, 7) is 0. The van der Waals surface area contributed by atoms with E-state index < -0.39 is 0 Å². The maximum atomic E-state index is 4.21. The molecular weight excluding hydrogens is 322 g/mol. The first-order valence-electron chi connectivity index (χ1n) is 6.84. The molecule has 0 N–H and O–H groups in total. The van der Waals surface area contributed by atoms with Gasteiger partial charge in [0, 0.05) is 22.4 Å². The summed E-state index contributed by atoms with van der Waals surface area (Å²) in [6.07, 6.45) is 3.71. The van der Waals surface area contributed by atoms with Crippen molar-refractivity contribution in [3.63, 3.8) is 0 Å². The molecule has 3 aromatic carbocycles. The van der Waals surface area contributed by atoms with E-state index in [-0.39, 0.29) is 0 Å². The first-order valence-corrected chi connectivity index (χ1v) is 7.64. The molecule has 0 saturated heterocycles. The van der Waals surface area contributed by atoms with Crippen molar-refractivity contribution in [2.45, 2.75) is 0 Å². The van der Waals surface area contributed by atoms with Gasteiger partial charge in [0.05, 0.1) is 0 Å². The molecule has 1 aromatic heterocycles. The number of halogens is 1. The van der Waals surface area contributed by atoms with Crippen LogP contribution in [0.4, 0.5) is 0 Å². The van der Waals surface area contributed by atoms with Crippen molar-refractivity contribution in [1.82, 2.24) is 4.98 Å². The van der Waals surface area contributed by atoms with Crippen molar-refractivity contribution in [2.75, 3.05) is 0 Å². The van der Waals surface area contributed by atoms with Crippen molar-refractivity contribution in [1.29, 1.82) is 0 Å². The predicted octanol–water partition coefficient (Wildman–Crippen LogP) is 5.82. The van der Waals surface area contributed by atoms with E-state index in [9.17, 15) is 0 Å². The van der Waals surface area contributed by atoms with E-state index in [1.165, 1.54) is 27.1 Å². The van der Waals surface area contributed by atoms with Gasteiger partial charge >= 0.3 is 0 Å². The minimum absolute atomic E-state index is 1.14. The molecule has 4 rings (SSSR count). The van der Waals surface area contributed by atoms with E-state index in [4.69, 9.17) is 0 Å². The molecule has 0 saturated carbocycles. The summed E-state index contributed by atoms with van der Waals surface area (Å²) in [6, 6.07) is 21.3. The quantitative estimate of drug-likeness (QED) is 0.400. The second kappa shape index (κ2) is 4.97. The summed E-state index contributed by atoms with van der Waals surface area (Å²) in [5, 5.41) is 5.03. The smallest absolute Gasteiger partial charge is 0.0346 e. The summed E-state index contributed by atoms with van der Waals surface area (Å²) in [7, 11) is 0. The fourth-order valence-electron chi connectivity index (χ4n) is 2.77. The van der Waals surface area contributed by atoms with Crippen LogP contribution in [0, 0.1) is 0 Å². The Morgan fingerprint density at radius 2 is 1.57 bits per heavy atom. The molecule has 0 aliphatic carbocycles. The molecule has 0 spiro atoms. The summed E-state index contributed by atoms with van der Waals surface area (Å²) in [5.74, 6) is 0. The highest BCUT2D eigenvalue weighted by Gasteiger charge is 2.06. The van der Waals surface area contributed by atoms with Crippen LogP contribution >= 0.6 is 15.9 Å². The van der Waals surface area contributed by atoms with E-state index in [0.717, 1.165) is 10.0 Å². The van der Waals surface area contributed by atoms with E-state index in [0.29, 0.717) is 0 Å². The van der Waals surface area contributed by atoms with E-state index in [1.807, 2.05) is 12.3 Å². The number of hydrogen-bond donors (Lipinski definition) is 0. The fourth-order valence-corrected chi connectivity index (χ4v) is 3.36. The van der Waals surface area contributed by atoms with Gasteiger partial charge in [0.1, 0.15) is 0 Å². The van der Waals surface area contributed by atoms with E-state index >= 15 is 0 Å². The zero-order valence-corrected chi connectivity index (χ0v) is 12.8. The minimum Gasteiger partial charge on any atom is -0.264 e. The third kappa shape index (κ3) is 2.12. The Kier molecular flexibility index (Phi) is 2.97. The average Bonchev–Trinajstić information content (AvgIpc) is 2.56. The van der Waals surface area contributed by atoms with Crippen LogP contribution in [0.5, 0.6) is 0 Å². The van der Waals surface area contributed by atoms with Gasteiger partial charge < -0.3 is 0 Å². The average molecular weight is 334 g/mol. The summed E-state index contributed by atoms with van der Waals surface area (Å²) in [5.41, 5.74) is 2.34. The third-order valence-electron chi connectivity index (χ3n) is 3.80. The molecule has 0 unspecified atom stereocenters. The number of hydrogen-bond acceptors (Lipinski definition) is 1. The van der Waals surface area contributed by atoms with Crippen LogP contribution in [0.25, 0.3) is 32.7 Å². The van der Waals surface area contributed by atoms with Crippen LogP contribution in [0.15, 0.2) is 77.5 Å². The lowest BCUT2D eigenvalue weighted by Gasteiger charge is -2.09. The van der Waals surface area contributed by atoms with Gasteiger partial charge in [0.15, 0.2) is 0 Å². The molecule has 2 heteroatoms. The van der Waals surface area contributed by atoms with Crippen molar-refractivity contribution in [3.8, 4) is 11.1 Å². The topological polar surface area (TPSA) is 12.9 Å². The Hall–Kier alpha value is -2.19. The van der Waals surface area contributed by atoms with Gasteiger partial charge in [-0.15, -0.1) is 0 Å². The summed E-state index contributed by atoms with van der Waals surface area (Å²) >= 11 is 3.67. The number of fused-ring (bicyclic) bond motifs is 3. The molecule has 0 bridgehead atoms. The van der Waals surface area contributed by atoms with Gasteiger partial charge in [-0.3, -0.25) is 4.98 Å². The van der Waals surface area contributed by atoms with Crippen LogP contribution in [0.1, 0.15) is 0 Å². The summed E-state index contributed by atoms with van der Waals surface area (Å²) in [4.78, 5) is 4.21. The van der Waals surface area contributed by atoms with Gasteiger partial charge in [-0.1, -0.05) is 58.4 Å². The first kappa shape index (κ1) is 12.5. The molecule has 0 radical (unpaired) electrons. The number of aromatic nitrogens is 1. The minimum atomic E-state index is 1.14. The van der Waals surface area contributed by atoms with Gasteiger partial charge in [0.2, 0.25) is 0 Å². The lowest BCUT2D eigenvalue weighted by molar-refractivity contribution is 1.33. The highest BCUT2D eigenvalue weighted by molar-refractivity contribution is 9.10. The normalized spacial score (nSPS) is 11.1. The van der Waals surface area contributed by atoms with Crippen LogP contribution in [-0.2, 0) is 0 Å². The number of benzene rings is 3. The van der Waals surface area contributed by atoms with Crippen molar-refractivity contribution >= 4 is 37.5 Å². The van der Waals surface area contributed by atoms with Crippen LogP contribution in [-0.4, -0.2) is 4.98 Å². The summed E-state index contributed by atoms with van der Waals surface area (Å²) < 4.78 is 1.14. The molecule has 0 aliphatic heterocycles. The Balaban J connectivity index is 2.07. The maximum absolute atomic E-state index is 4.21.